The first-order valence-electron chi connectivity index (χ1n) is 27.0. The highest BCUT2D eigenvalue weighted by atomic mass is 15.2. The molecular formula is C74H54BN3. The summed E-state index contributed by atoms with van der Waals surface area (Å²) in [5.74, 6) is 0. The van der Waals surface area contributed by atoms with E-state index in [1.165, 1.54) is 100 Å². The molecule has 0 bridgehead atoms. The van der Waals surface area contributed by atoms with E-state index < -0.39 is 0 Å². The third kappa shape index (κ3) is 8.27. The van der Waals surface area contributed by atoms with Crippen molar-refractivity contribution in [1.29, 1.82) is 0 Å². The van der Waals surface area contributed by atoms with Gasteiger partial charge in [-0.3, -0.25) is 0 Å². The molecule has 3 nitrogen and oxygen atoms in total. The van der Waals surface area contributed by atoms with Crippen LogP contribution < -0.4 is 25.5 Å². The molecule has 78 heavy (non-hydrogen) atoms. The van der Waals surface area contributed by atoms with Gasteiger partial charge in [0.25, 0.3) is 0 Å². The molecule has 0 aliphatic carbocycles. The number of hydrogen-bond acceptors (Lipinski definition) is 3. The van der Waals surface area contributed by atoms with Gasteiger partial charge in [-0.15, -0.1) is 0 Å². The zero-order chi connectivity index (χ0) is 52.1. The third-order valence-corrected chi connectivity index (χ3v) is 15.9. The minimum Gasteiger partial charge on any atom is -0.376 e. The Balaban J connectivity index is 1.03. The predicted molar refractivity (Wildman–Crippen MR) is 332 cm³/mol. The number of aryl methyl sites for hydroxylation is 2. The van der Waals surface area contributed by atoms with Crippen LogP contribution in [-0.4, -0.2) is 6.85 Å². The molecule has 2 aliphatic rings. The molecule has 0 amide bonds. The van der Waals surface area contributed by atoms with E-state index in [1.54, 1.807) is 0 Å². The van der Waals surface area contributed by atoms with Crippen molar-refractivity contribution >= 4 is 63.3 Å². The van der Waals surface area contributed by atoms with E-state index >= 15 is 0 Å². The van der Waals surface area contributed by atoms with Crippen LogP contribution in [0, 0.1) is 13.8 Å². The van der Waals surface area contributed by atoms with Crippen molar-refractivity contribution < 1.29 is 0 Å². The lowest BCUT2D eigenvalue weighted by atomic mass is 9.43. The Labute approximate surface area is 458 Å². The summed E-state index contributed by atoms with van der Waals surface area (Å²) in [7, 11) is 0. The Morgan fingerprint density at radius 3 is 1.29 bits per heavy atom. The largest absolute Gasteiger partial charge is 0.376 e. The average molecular weight is 996 g/mol. The van der Waals surface area contributed by atoms with E-state index in [1.807, 2.05) is 0 Å². The average Bonchev–Trinajstić information content (AvgIpc) is 3.65. The van der Waals surface area contributed by atoms with Gasteiger partial charge in [-0.25, -0.2) is 0 Å². The number of benzene rings is 12. The van der Waals surface area contributed by atoms with E-state index in [2.05, 4.69) is 320 Å². The molecule has 0 N–H and O–H groups in total. The zero-order valence-electron chi connectivity index (χ0n) is 43.6. The van der Waals surface area contributed by atoms with Gasteiger partial charge in [-0.2, -0.15) is 0 Å². The summed E-state index contributed by atoms with van der Waals surface area (Å²) in [6, 6.07) is 107. The molecule has 2 aliphatic heterocycles. The molecule has 368 valence electrons. The Hall–Kier alpha value is -9.90. The Morgan fingerprint density at radius 2 is 0.744 bits per heavy atom. The normalized spacial score (nSPS) is 12.2. The molecule has 0 radical (unpaired) electrons. The Kier molecular flexibility index (Phi) is 11.8. The lowest BCUT2D eigenvalue weighted by Gasteiger charge is -2.46. The second kappa shape index (κ2) is 19.7. The second-order valence-corrected chi connectivity index (χ2v) is 20.6. The summed E-state index contributed by atoms with van der Waals surface area (Å²) in [4.78, 5) is 7.61. The molecule has 14 rings (SSSR count). The minimum absolute atomic E-state index is 0.175. The van der Waals surface area contributed by atoms with Gasteiger partial charge in [0.1, 0.15) is 0 Å². The Bertz CT molecular complexity index is 4060. The van der Waals surface area contributed by atoms with Crippen molar-refractivity contribution in [2.24, 2.45) is 0 Å². The first-order valence-corrected chi connectivity index (χ1v) is 27.0. The molecule has 2 heterocycles. The van der Waals surface area contributed by atoms with Crippen LogP contribution in [0.25, 0.3) is 66.8 Å². The highest BCUT2D eigenvalue weighted by Gasteiger charge is 2.45. The molecule has 0 unspecified atom stereocenters. The van der Waals surface area contributed by atoms with E-state index in [-0.39, 0.29) is 6.85 Å². The number of nitrogens with zero attached hydrogens (tertiary/aromatic N) is 3. The van der Waals surface area contributed by atoms with Gasteiger partial charge in [0.2, 0.25) is 0 Å². The number of hydrogen-bond donors (Lipinski definition) is 0. The number of para-hydroxylation sites is 1. The molecule has 0 fully saturated rings. The number of anilines is 8. The summed E-state index contributed by atoms with van der Waals surface area (Å²) in [6.45, 7) is 4.34. The number of fused-ring (bicyclic) bond motifs is 4. The summed E-state index contributed by atoms with van der Waals surface area (Å²) < 4.78 is 0. The highest BCUT2D eigenvalue weighted by molar-refractivity contribution is 6.93. The fourth-order valence-electron chi connectivity index (χ4n) is 12.1. The molecule has 0 aromatic heterocycles. The lowest BCUT2D eigenvalue weighted by Crippen LogP contribution is -2.61. The van der Waals surface area contributed by atoms with E-state index in [4.69, 9.17) is 0 Å². The van der Waals surface area contributed by atoms with Crippen LogP contribution >= 0.6 is 0 Å². The van der Waals surface area contributed by atoms with Crippen LogP contribution in [0.15, 0.2) is 291 Å². The maximum atomic E-state index is 2.60. The van der Waals surface area contributed by atoms with Gasteiger partial charge in [0, 0.05) is 51.1 Å². The summed E-state index contributed by atoms with van der Waals surface area (Å²) in [5, 5.41) is 0. The summed E-state index contributed by atoms with van der Waals surface area (Å²) in [5.41, 5.74) is 28.3. The van der Waals surface area contributed by atoms with E-state index in [9.17, 15) is 0 Å². The van der Waals surface area contributed by atoms with Crippen LogP contribution in [0.4, 0.5) is 45.5 Å². The van der Waals surface area contributed by atoms with Crippen molar-refractivity contribution in [2.75, 3.05) is 14.6 Å². The standard InChI is InChI=1S/C74H54BN3/c1-51-19-15-16-28-66(51)61-48-68-67-29-17-18-30-71(67)78(64-42-35-59(36-43-64)55-24-11-5-12-25-55)75-69-45-44-65(50-72(69)77(73(49-61)74(68)75)70-46-37-60(47-52(70)2)56-26-13-6-14-27-56)76(62-38-31-57(32-39-62)53-20-7-3-8-21-53)63-40-33-58(34-41-63)54-22-9-4-10-23-54/h3-50H,1-2H3. The van der Waals surface area contributed by atoms with Gasteiger partial charge < -0.3 is 14.6 Å². The maximum absolute atomic E-state index is 2.60. The minimum atomic E-state index is -0.175. The third-order valence-electron chi connectivity index (χ3n) is 15.9. The van der Waals surface area contributed by atoms with Gasteiger partial charge in [-0.05, 0) is 176 Å². The van der Waals surface area contributed by atoms with Crippen LogP contribution in [0.5, 0.6) is 0 Å². The molecule has 0 saturated carbocycles. The van der Waals surface area contributed by atoms with Crippen LogP contribution in [0.3, 0.4) is 0 Å². The quantitative estimate of drug-likeness (QED) is 0.126. The molecule has 4 heteroatoms. The van der Waals surface area contributed by atoms with Crippen molar-refractivity contribution in [1.82, 2.24) is 0 Å². The zero-order valence-corrected chi connectivity index (χ0v) is 43.6. The maximum Gasteiger partial charge on any atom is 0.333 e. The van der Waals surface area contributed by atoms with Gasteiger partial charge in [0.15, 0.2) is 0 Å². The molecule has 0 saturated heterocycles. The smallest absolute Gasteiger partial charge is 0.333 e. The van der Waals surface area contributed by atoms with Crippen LogP contribution in [0.1, 0.15) is 11.1 Å². The highest BCUT2D eigenvalue weighted by Crippen LogP contribution is 2.50. The van der Waals surface area contributed by atoms with Crippen LogP contribution in [-0.2, 0) is 0 Å². The first-order chi connectivity index (χ1) is 38.5. The van der Waals surface area contributed by atoms with Crippen molar-refractivity contribution in [3.8, 4) is 66.8 Å². The fraction of sp³-hybridized carbons (Fsp3) is 0.0270. The molecule has 12 aromatic carbocycles. The topological polar surface area (TPSA) is 9.72 Å². The van der Waals surface area contributed by atoms with Crippen molar-refractivity contribution in [2.45, 2.75) is 13.8 Å². The van der Waals surface area contributed by atoms with Crippen molar-refractivity contribution in [3.05, 3.63) is 302 Å². The molecule has 0 atom stereocenters. The summed E-state index contributed by atoms with van der Waals surface area (Å²) in [6.07, 6.45) is 0. The van der Waals surface area contributed by atoms with Gasteiger partial charge >= 0.3 is 6.85 Å². The molecule has 0 spiro atoms. The molecular weight excluding hydrogens is 942 g/mol. The lowest BCUT2D eigenvalue weighted by molar-refractivity contribution is 1.23. The van der Waals surface area contributed by atoms with E-state index in [0.717, 1.165) is 34.1 Å². The Morgan fingerprint density at radius 1 is 0.282 bits per heavy atom. The molecule has 12 aromatic rings. The van der Waals surface area contributed by atoms with Gasteiger partial charge in [-0.1, -0.05) is 212 Å². The van der Waals surface area contributed by atoms with Gasteiger partial charge in [0.05, 0.1) is 0 Å². The fourth-order valence-corrected chi connectivity index (χ4v) is 12.1. The first kappa shape index (κ1) is 46.6. The van der Waals surface area contributed by atoms with Crippen molar-refractivity contribution in [3.63, 3.8) is 0 Å². The van der Waals surface area contributed by atoms with E-state index in [0.29, 0.717) is 0 Å². The second-order valence-electron chi connectivity index (χ2n) is 20.6. The van der Waals surface area contributed by atoms with Crippen LogP contribution in [0.2, 0.25) is 0 Å². The SMILES string of the molecule is Cc1ccccc1-c1cc2c3c(c1)N(c1ccc(-c4ccccc4)cc1C)c1cc(N(c4ccc(-c5ccccc5)cc4)c4ccc(-c5ccccc5)cc4)ccc1B3N(c1ccc(-c3ccccc3)cc1)c1ccccc1-2. The summed E-state index contributed by atoms with van der Waals surface area (Å²) >= 11 is 0. The number of rotatable bonds is 10. The predicted octanol–water partition coefficient (Wildman–Crippen LogP) is 18.8. The monoisotopic (exact) mass is 995 g/mol.